The summed E-state index contributed by atoms with van der Waals surface area (Å²) in [5, 5.41) is 17.7. The van der Waals surface area contributed by atoms with E-state index in [9.17, 15) is 14.9 Å². The molecule has 0 atom stereocenters. The fraction of sp³-hybridized carbons (Fsp3) is 0.0588. The fourth-order valence-corrected chi connectivity index (χ4v) is 2.19. The lowest BCUT2D eigenvalue weighted by Crippen LogP contribution is -2.20. The standard InChI is InChI=1S/C17H14N4O3/c22-17(9-6-13-4-7-15(8-5-13)21(23)24)18-12-14-11-16-3-1-2-10-20(16)19-14/h1-11H,12H2,(H,18,22). The van der Waals surface area contributed by atoms with Crippen molar-refractivity contribution in [3.8, 4) is 0 Å². The van der Waals surface area contributed by atoms with Gasteiger partial charge < -0.3 is 5.32 Å². The summed E-state index contributed by atoms with van der Waals surface area (Å²) in [5.41, 5.74) is 2.45. The number of hydrogen-bond acceptors (Lipinski definition) is 4. The number of fused-ring (bicyclic) bond motifs is 1. The number of non-ortho nitro benzene ring substituents is 1. The molecule has 0 saturated heterocycles. The number of carbonyl (C=O) groups is 1. The molecule has 0 fully saturated rings. The fourth-order valence-electron chi connectivity index (χ4n) is 2.19. The number of amides is 1. The number of benzene rings is 1. The van der Waals surface area contributed by atoms with Gasteiger partial charge in [0, 0.05) is 24.4 Å². The summed E-state index contributed by atoms with van der Waals surface area (Å²) in [4.78, 5) is 22.0. The number of nitro groups is 1. The highest BCUT2D eigenvalue weighted by atomic mass is 16.6. The summed E-state index contributed by atoms with van der Waals surface area (Å²) >= 11 is 0. The Bertz CT molecular complexity index is 880. The predicted octanol–water partition coefficient (Wildman–Crippen LogP) is 2.57. The Morgan fingerprint density at radius 1 is 1.25 bits per heavy atom. The van der Waals surface area contributed by atoms with Crippen LogP contribution in [0.15, 0.2) is 60.8 Å². The Morgan fingerprint density at radius 3 is 2.75 bits per heavy atom. The smallest absolute Gasteiger partial charge is 0.269 e. The van der Waals surface area contributed by atoms with Gasteiger partial charge in [0.2, 0.25) is 5.91 Å². The first kappa shape index (κ1) is 15.4. The second-order valence-electron chi connectivity index (χ2n) is 5.11. The molecule has 120 valence electrons. The van der Waals surface area contributed by atoms with Crippen LogP contribution in [0.2, 0.25) is 0 Å². The Labute approximate surface area is 137 Å². The van der Waals surface area contributed by atoms with Crippen LogP contribution in [0.5, 0.6) is 0 Å². The molecule has 1 N–H and O–H groups in total. The molecular formula is C17H14N4O3. The highest BCUT2D eigenvalue weighted by molar-refractivity contribution is 5.91. The van der Waals surface area contributed by atoms with E-state index in [4.69, 9.17) is 0 Å². The summed E-state index contributed by atoms with van der Waals surface area (Å²) in [6.07, 6.45) is 4.83. The second kappa shape index (κ2) is 6.74. The van der Waals surface area contributed by atoms with E-state index in [2.05, 4.69) is 10.4 Å². The van der Waals surface area contributed by atoms with Crippen molar-refractivity contribution in [1.29, 1.82) is 0 Å². The van der Waals surface area contributed by atoms with E-state index in [0.717, 1.165) is 11.2 Å². The van der Waals surface area contributed by atoms with E-state index in [-0.39, 0.29) is 11.6 Å². The third-order valence-electron chi connectivity index (χ3n) is 3.40. The number of hydrogen-bond donors (Lipinski definition) is 1. The minimum absolute atomic E-state index is 0.0171. The van der Waals surface area contributed by atoms with E-state index < -0.39 is 4.92 Å². The van der Waals surface area contributed by atoms with Gasteiger partial charge in [-0.1, -0.05) is 6.07 Å². The minimum Gasteiger partial charge on any atom is -0.347 e. The zero-order valence-corrected chi connectivity index (χ0v) is 12.6. The molecule has 2 heterocycles. The number of carbonyl (C=O) groups excluding carboxylic acids is 1. The first-order valence-electron chi connectivity index (χ1n) is 7.25. The number of nitrogens with zero attached hydrogens (tertiary/aromatic N) is 3. The first-order chi connectivity index (χ1) is 11.6. The second-order valence-corrected chi connectivity index (χ2v) is 5.11. The lowest BCUT2D eigenvalue weighted by Gasteiger charge is -1.98. The number of aromatic nitrogens is 2. The van der Waals surface area contributed by atoms with Gasteiger partial charge >= 0.3 is 0 Å². The molecule has 0 spiro atoms. The normalized spacial score (nSPS) is 11.0. The molecule has 0 bridgehead atoms. The first-order valence-corrected chi connectivity index (χ1v) is 7.25. The van der Waals surface area contributed by atoms with Gasteiger partial charge in [0.25, 0.3) is 5.69 Å². The van der Waals surface area contributed by atoms with Crippen molar-refractivity contribution < 1.29 is 9.72 Å². The van der Waals surface area contributed by atoms with Gasteiger partial charge in [-0.3, -0.25) is 14.9 Å². The van der Waals surface area contributed by atoms with Crippen molar-refractivity contribution in [2.24, 2.45) is 0 Å². The van der Waals surface area contributed by atoms with Crippen LogP contribution >= 0.6 is 0 Å². The topological polar surface area (TPSA) is 89.5 Å². The summed E-state index contributed by atoms with van der Waals surface area (Å²) in [7, 11) is 0. The van der Waals surface area contributed by atoms with Gasteiger partial charge in [-0.15, -0.1) is 0 Å². The molecule has 7 heteroatoms. The molecule has 1 aromatic carbocycles. The number of pyridine rings is 1. The van der Waals surface area contributed by atoms with Gasteiger partial charge in [0.15, 0.2) is 0 Å². The monoisotopic (exact) mass is 322 g/mol. The third-order valence-corrected chi connectivity index (χ3v) is 3.40. The summed E-state index contributed by atoms with van der Waals surface area (Å²) in [6, 6.07) is 13.6. The van der Waals surface area contributed by atoms with Gasteiger partial charge in [-0.05, 0) is 42.0 Å². The van der Waals surface area contributed by atoms with E-state index >= 15 is 0 Å². The molecule has 2 aromatic heterocycles. The molecule has 3 rings (SSSR count). The quantitative estimate of drug-likeness (QED) is 0.444. The van der Waals surface area contributed by atoms with Gasteiger partial charge in [-0.2, -0.15) is 5.10 Å². The Hall–Kier alpha value is -3.48. The maximum Gasteiger partial charge on any atom is 0.269 e. The maximum absolute atomic E-state index is 11.8. The van der Waals surface area contributed by atoms with Crippen LogP contribution in [0.25, 0.3) is 11.6 Å². The van der Waals surface area contributed by atoms with Crippen molar-refractivity contribution in [1.82, 2.24) is 14.9 Å². The largest absolute Gasteiger partial charge is 0.347 e. The summed E-state index contributed by atoms with van der Waals surface area (Å²) in [6.45, 7) is 0.325. The van der Waals surface area contributed by atoms with Crippen LogP contribution in [0, 0.1) is 10.1 Å². The van der Waals surface area contributed by atoms with Crippen LogP contribution in [0.4, 0.5) is 5.69 Å². The lowest BCUT2D eigenvalue weighted by atomic mass is 10.2. The SMILES string of the molecule is O=C(C=Cc1ccc([N+](=O)[O-])cc1)NCc1cc2ccccn2n1. The number of nitro benzene ring substituents is 1. The highest BCUT2D eigenvalue weighted by Crippen LogP contribution is 2.12. The van der Waals surface area contributed by atoms with Crippen LogP contribution in [0.1, 0.15) is 11.3 Å². The molecule has 0 unspecified atom stereocenters. The highest BCUT2D eigenvalue weighted by Gasteiger charge is 2.04. The van der Waals surface area contributed by atoms with Gasteiger partial charge in [0.05, 0.1) is 22.7 Å². The molecular weight excluding hydrogens is 308 g/mol. The zero-order chi connectivity index (χ0) is 16.9. The van der Waals surface area contributed by atoms with Crippen LogP contribution in [-0.2, 0) is 11.3 Å². The Morgan fingerprint density at radius 2 is 2.04 bits per heavy atom. The molecule has 0 saturated carbocycles. The Balaban J connectivity index is 1.57. The molecule has 0 aliphatic rings. The van der Waals surface area contributed by atoms with Crippen molar-refractivity contribution in [3.63, 3.8) is 0 Å². The van der Waals surface area contributed by atoms with Crippen molar-refractivity contribution in [3.05, 3.63) is 82.2 Å². The number of nitrogens with one attached hydrogen (secondary N) is 1. The molecule has 1 amide bonds. The molecule has 7 nitrogen and oxygen atoms in total. The summed E-state index contributed by atoms with van der Waals surface area (Å²) < 4.78 is 1.74. The summed E-state index contributed by atoms with van der Waals surface area (Å²) in [5.74, 6) is -0.259. The molecule has 3 aromatic rings. The molecule has 24 heavy (non-hydrogen) atoms. The van der Waals surface area contributed by atoms with E-state index in [1.807, 2.05) is 30.5 Å². The predicted molar refractivity (Wildman–Crippen MR) is 89.2 cm³/mol. The maximum atomic E-state index is 11.8. The molecule has 0 aliphatic heterocycles. The average molecular weight is 322 g/mol. The molecule has 0 aliphatic carbocycles. The van der Waals surface area contributed by atoms with Crippen LogP contribution < -0.4 is 5.32 Å². The van der Waals surface area contributed by atoms with E-state index in [1.54, 1.807) is 22.7 Å². The van der Waals surface area contributed by atoms with Gasteiger partial charge in [-0.25, -0.2) is 4.52 Å². The van der Waals surface area contributed by atoms with Crippen molar-refractivity contribution in [2.45, 2.75) is 6.54 Å². The average Bonchev–Trinajstić information content (AvgIpc) is 3.01. The van der Waals surface area contributed by atoms with Crippen molar-refractivity contribution in [2.75, 3.05) is 0 Å². The number of rotatable bonds is 5. The molecule has 0 radical (unpaired) electrons. The zero-order valence-electron chi connectivity index (χ0n) is 12.6. The van der Waals surface area contributed by atoms with Crippen LogP contribution in [0.3, 0.4) is 0 Å². The minimum atomic E-state index is -0.463. The van der Waals surface area contributed by atoms with E-state index in [0.29, 0.717) is 12.1 Å². The van der Waals surface area contributed by atoms with E-state index in [1.165, 1.54) is 18.2 Å². The van der Waals surface area contributed by atoms with Crippen LogP contribution in [-0.4, -0.2) is 20.4 Å². The lowest BCUT2D eigenvalue weighted by molar-refractivity contribution is -0.384. The Kier molecular flexibility index (Phi) is 4.33. The third kappa shape index (κ3) is 3.64. The van der Waals surface area contributed by atoms with Crippen molar-refractivity contribution >= 4 is 23.2 Å². The van der Waals surface area contributed by atoms with Gasteiger partial charge in [0.1, 0.15) is 0 Å².